The first-order chi connectivity index (χ1) is 9.67. The Labute approximate surface area is 126 Å². The Balaban J connectivity index is 1.74. The second-order valence-electron chi connectivity index (χ2n) is 6.00. The predicted molar refractivity (Wildman–Crippen MR) is 85.0 cm³/mol. The smallest absolute Gasteiger partial charge is 0.129 e. The second-order valence-corrected chi connectivity index (χ2v) is 6.44. The molecule has 0 unspecified atom stereocenters. The van der Waals surface area contributed by atoms with E-state index >= 15 is 0 Å². The lowest BCUT2D eigenvalue weighted by Gasteiger charge is -2.22. The molecule has 0 aliphatic heterocycles. The SMILES string of the molecule is COc1ccc(CN(CC2CC2)C2CC2)cc1C(N)=S. The van der Waals surface area contributed by atoms with E-state index in [1.807, 2.05) is 6.07 Å². The van der Waals surface area contributed by atoms with E-state index in [0.29, 0.717) is 4.99 Å². The van der Waals surface area contributed by atoms with Crippen molar-refractivity contribution < 1.29 is 4.74 Å². The van der Waals surface area contributed by atoms with Gasteiger partial charge in [-0.05, 0) is 49.3 Å². The highest BCUT2D eigenvalue weighted by Gasteiger charge is 2.33. The zero-order valence-corrected chi connectivity index (χ0v) is 12.8. The van der Waals surface area contributed by atoms with Crippen molar-refractivity contribution in [3.8, 4) is 5.75 Å². The Bertz CT molecular complexity index is 509. The normalized spacial score (nSPS) is 18.3. The van der Waals surface area contributed by atoms with Crippen LogP contribution in [0.15, 0.2) is 18.2 Å². The summed E-state index contributed by atoms with van der Waals surface area (Å²) in [5, 5.41) is 0. The van der Waals surface area contributed by atoms with Gasteiger partial charge >= 0.3 is 0 Å². The third kappa shape index (κ3) is 3.30. The van der Waals surface area contributed by atoms with E-state index in [1.165, 1.54) is 37.8 Å². The van der Waals surface area contributed by atoms with Gasteiger partial charge in [0.25, 0.3) is 0 Å². The first kappa shape index (κ1) is 13.8. The molecule has 2 fully saturated rings. The van der Waals surface area contributed by atoms with Crippen LogP contribution < -0.4 is 10.5 Å². The molecule has 4 heteroatoms. The van der Waals surface area contributed by atoms with E-state index in [2.05, 4.69) is 17.0 Å². The van der Waals surface area contributed by atoms with Crippen molar-refractivity contribution in [1.29, 1.82) is 0 Å². The summed E-state index contributed by atoms with van der Waals surface area (Å²) in [6.45, 7) is 2.25. The molecule has 1 aromatic carbocycles. The maximum absolute atomic E-state index is 5.79. The standard InChI is InChI=1S/C16H22N2OS/c1-19-15-7-4-12(8-14(15)16(17)20)10-18(13-5-6-13)9-11-2-3-11/h4,7-8,11,13H,2-3,5-6,9-10H2,1H3,(H2,17,20). The molecular weight excluding hydrogens is 268 g/mol. The van der Waals surface area contributed by atoms with Crippen molar-refractivity contribution in [2.45, 2.75) is 38.3 Å². The van der Waals surface area contributed by atoms with Crippen LogP contribution in [0.1, 0.15) is 36.8 Å². The van der Waals surface area contributed by atoms with Gasteiger partial charge in [0.05, 0.1) is 12.7 Å². The van der Waals surface area contributed by atoms with E-state index in [1.54, 1.807) is 7.11 Å². The van der Waals surface area contributed by atoms with Crippen molar-refractivity contribution in [2.75, 3.05) is 13.7 Å². The minimum atomic E-state index is 0.406. The van der Waals surface area contributed by atoms with Crippen LogP contribution in [0.25, 0.3) is 0 Å². The number of ether oxygens (including phenoxy) is 1. The monoisotopic (exact) mass is 290 g/mol. The van der Waals surface area contributed by atoms with E-state index < -0.39 is 0 Å². The zero-order valence-electron chi connectivity index (χ0n) is 12.0. The van der Waals surface area contributed by atoms with Crippen molar-refractivity contribution >= 4 is 17.2 Å². The van der Waals surface area contributed by atoms with Crippen LogP contribution in [-0.2, 0) is 6.54 Å². The molecule has 0 bridgehead atoms. The molecule has 0 amide bonds. The molecule has 108 valence electrons. The Hall–Kier alpha value is -1.13. The largest absolute Gasteiger partial charge is 0.496 e. The summed E-state index contributed by atoms with van der Waals surface area (Å²) in [4.78, 5) is 3.03. The van der Waals surface area contributed by atoms with Gasteiger partial charge in [-0.2, -0.15) is 0 Å². The zero-order chi connectivity index (χ0) is 14.1. The Morgan fingerprint density at radius 1 is 1.35 bits per heavy atom. The van der Waals surface area contributed by atoms with E-state index in [0.717, 1.165) is 29.8 Å². The third-order valence-electron chi connectivity index (χ3n) is 4.17. The number of rotatable bonds is 7. The maximum atomic E-state index is 5.79. The molecule has 2 aliphatic rings. The van der Waals surface area contributed by atoms with Crippen LogP contribution in [0.4, 0.5) is 0 Å². The number of benzene rings is 1. The number of nitrogens with two attached hydrogens (primary N) is 1. The molecule has 0 atom stereocenters. The first-order valence-corrected chi connectivity index (χ1v) is 7.79. The summed E-state index contributed by atoms with van der Waals surface area (Å²) in [5.74, 6) is 1.70. The molecule has 0 spiro atoms. The van der Waals surface area contributed by atoms with Gasteiger partial charge in [-0.15, -0.1) is 0 Å². The molecule has 0 saturated heterocycles. The van der Waals surface area contributed by atoms with Crippen molar-refractivity contribution in [1.82, 2.24) is 4.90 Å². The molecule has 2 aliphatic carbocycles. The average Bonchev–Trinajstić information content (AvgIpc) is 3.30. The Morgan fingerprint density at radius 2 is 2.10 bits per heavy atom. The van der Waals surface area contributed by atoms with Crippen molar-refractivity contribution in [2.24, 2.45) is 11.7 Å². The third-order valence-corrected chi connectivity index (χ3v) is 4.39. The van der Waals surface area contributed by atoms with Gasteiger partial charge in [0, 0.05) is 19.1 Å². The Kier molecular flexibility index (Phi) is 3.94. The minimum absolute atomic E-state index is 0.406. The summed E-state index contributed by atoms with van der Waals surface area (Å²) < 4.78 is 5.32. The summed E-state index contributed by atoms with van der Waals surface area (Å²) >= 11 is 5.12. The predicted octanol–water partition coefficient (Wildman–Crippen LogP) is 2.70. The number of methoxy groups -OCH3 is 1. The second kappa shape index (κ2) is 5.70. The number of hydrogen-bond donors (Lipinski definition) is 1. The molecular formula is C16H22N2OS. The fourth-order valence-electron chi connectivity index (χ4n) is 2.70. The number of hydrogen-bond acceptors (Lipinski definition) is 3. The van der Waals surface area contributed by atoms with Crippen LogP contribution in [0.2, 0.25) is 0 Å². The lowest BCUT2D eigenvalue weighted by Crippen LogP contribution is -2.28. The average molecular weight is 290 g/mol. The van der Waals surface area contributed by atoms with Gasteiger partial charge in [0.15, 0.2) is 0 Å². The van der Waals surface area contributed by atoms with E-state index in [4.69, 9.17) is 22.7 Å². The molecule has 0 aromatic heterocycles. The van der Waals surface area contributed by atoms with Gasteiger partial charge in [-0.1, -0.05) is 18.3 Å². The van der Waals surface area contributed by atoms with Crippen molar-refractivity contribution in [3.05, 3.63) is 29.3 Å². The van der Waals surface area contributed by atoms with E-state index in [9.17, 15) is 0 Å². The van der Waals surface area contributed by atoms with Gasteiger partial charge in [0.2, 0.25) is 0 Å². The lowest BCUT2D eigenvalue weighted by molar-refractivity contribution is 0.244. The number of thiocarbonyl (C=S) groups is 1. The quantitative estimate of drug-likeness (QED) is 0.784. The molecule has 1 aromatic rings. The van der Waals surface area contributed by atoms with Gasteiger partial charge < -0.3 is 10.5 Å². The van der Waals surface area contributed by atoms with Crippen LogP contribution in [-0.4, -0.2) is 29.6 Å². The minimum Gasteiger partial charge on any atom is -0.496 e. The van der Waals surface area contributed by atoms with Gasteiger partial charge in [0.1, 0.15) is 10.7 Å². The van der Waals surface area contributed by atoms with Gasteiger partial charge in [-0.3, -0.25) is 4.90 Å². The maximum Gasteiger partial charge on any atom is 0.129 e. The van der Waals surface area contributed by atoms with Crippen LogP contribution in [0.3, 0.4) is 0 Å². The summed E-state index contributed by atoms with van der Waals surface area (Å²) in [5.41, 5.74) is 7.92. The summed E-state index contributed by atoms with van der Waals surface area (Å²) in [6, 6.07) is 6.99. The fourth-order valence-corrected chi connectivity index (χ4v) is 2.85. The van der Waals surface area contributed by atoms with Crippen LogP contribution in [0.5, 0.6) is 5.75 Å². The Morgan fingerprint density at radius 3 is 2.65 bits per heavy atom. The van der Waals surface area contributed by atoms with Crippen molar-refractivity contribution in [3.63, 3.8) is 0 Å². The molecule has 0 heterocycles. The molecule has 2 saturated carbocycles. The van der Waals surface area contributed by atoms with Crippen LogP contribution >= 0.6 is 12.2 Å². The highest BCUT2D eigenvalue weighted by atomic mass is 32.1. The number of nitrogens with zero attached hydrogens (tertiary/aromatic N) is 1. The lowest BCUT2D eigenvalue weighted by atomic mass is 10.1. The highest BCUT2D eigenvalue weighted by molar-refractivity contribution is 7.80. The summed E-state index contributed by atoms with van der Waals surface area (Å²) in [7, 11) is 1.65. The fraction of sp³-hybridized carbons (Fsp3) is 0.562. The molecule has 2 N–H and O–H groups in total. The topological polar surface area (TPSA) is 38.5 Å². The molecule has 3 rings (SSSR count). The van der Waals surface area contributed by atoms with Crippen LogP contribution in [0, 0.1) is 5.92 Å². The first-order valence-electron chi connectivity index (χ1n) is 7.38. The molecule has 3 nitrogen and oxygen atoms in total. The molecule has 0 radical (unpaired) electrons. The summed E-state index contributed by atoms with van der Waals surface area (Å²) in [6.07, 6.45) is 5.52. The highest BCUT2D eigenvalue weighted by Crippen LogP contribution is 2.35. The molecule has 20 heavy (non-hydrogen) atoms. The van der Waals surface area contributed by atoms with Gasteiger partial charge in [-0.25, -0.2) is 0 Å². The van der Waals surface area contributed by atoms with E-state index in [-0.39, 0.29) is 0 Å².